The maximum atomic E-state index is 11.7. The third kappa shape index (κ3) is 3.82. The lowest BCUT2D eigenvalue weighted by molar-refractivity contribution is -0.144. The summed E-state index contributed by atoms with van der Waals surface area (Å²) >= 11 is 3.52. The molecule has 100 valence electrons. The average Bonchev–Trinajstić information content (AvgIpc) is 2.35. The van der Waals surface area contributed by atoms with Gasteiger partial charge in [-0.1, -0.05) is 48.0 Å². The van der Waals surface area contributed by atoms with Crippen LogP contribution < -0.4 is 5.32 Å². The Kier molecular flexibility index (Phi) is 5.82. The van der Waals surface area contributed by atoms with Crippen LogP contribution in [0.1, 0.15) is 32.4 Å². The van der Waals surface area contributed by atoms with Crippen molar-refractivity contribution < 1.29 is 9.53 Å². The number of methoxy groups -OCH3 is 1. The van der Waals surface area contributed by atoms with E-state index in [0.29, 0.717) is 0 Å². The predicted molar refractivity (Wildman–Crippen MR) is 76.3 cm³/mol. The molecular weight excluding hydrogens is 294 g/mol. The molecule has 0 saturated heterocycles. The van der Waals surface area contributed by atoms with Crippen LogP contribution in [0.25, 0.3) is 0 Å². The van der Waals surface area contributed by atoms with Gasteiger partial charge in [-0.2, -0.15) is 0 Å². The third-order valence-electron chi connectivity index (χ3n) is 2.92. The molecule has 0 aliphatic heterocycles. The molecule has 0 aromatic heterocycles. The van der Waals surface area contributed by atoms with Gasteiger partial charge in [0.2, 0.25) is 0 Å². The molecule has 1 N–H and O–H groups in total. The van der Waals surface area contributed by atoms with E-state index in [9.17, 15) is 4.79 Å². The quantitative estimate of drug-likeness (QED) is 0.848. The molecule has 0 fully saturated rings. The van der Waals surface area contributed by atoms with Gasteiger partial charge in [0.15, 0.2) is 0 Å². The van der Waals surface area contributed by atoms with Crippen LogP contribution in [0, 0.1) is 5.92 Å². The van der Waals surface area contributed by atoms with Crippen LogP contribution in [0.5, 0.6) is 0 Å². The van der Waals surface area contributed by atoms with Gasteiger partial charge >= 0.3 is 5.97 Å². The number of benzene rings is 1. The molecule has 0 radical (unpaired) electrons. The van der Waals surface area contributed by atoms with Crippen molar-refractivity contribution in [2.24, 2.45) is 5.92 Å². The number of rotatable bonds is 5. The molecule has 2 atom stereocenters. The van der Waals surface area contributed by atoms with Crippen LogP contribution in [-0.2, 0) is 9.53 Å². The highest BCUT2D eigenvalue weighted by atomic mass is 79.9. The minimum Gasteiger partial charge on any atom is -0.468 e. The summed E-state index contributed by atoms with van der Waals surface area (Å²) in [4.78, 5) is 11.7. The van der Waals surface area contributed by atoms with Gasteiger partial charge in [0.25, 0.3) is 0 Å². The number of ether oxygens (including phenoxy) is 1. The molecule has 0 aliphatic rings. The second-order valence-electron chi connectivity index (χ2n) is 4.65. The first-order valence-corrected chi connectivity index (χ1v) is 6.85. The Morgan fingerprint density at radius 1 is 1.28 bits per heavy atom. The maximum absolute atomic E-state index is 11.7. The summed E-state index contributed by atoms with van der Waals surface area (Å²) in [6.45, 7) is 6.04. The van der Waals surface area contributed by atoms with Gasteiger partial charge in [-0.3, -0.25) is 10.1 Å². The summed E-state index contributed by atoms with van der Waals surface area (Å²) in [5.74, 6) is -0.0358. The second-order valence-corrected chi connectivity index (χ2v) is 5.51. The first kappa shape index (κ1) is 15.2. The summed E-state index contributed by atoms with van der Waals surface area (Å²) in [7, 11) is 1.42. The lowest BCUT2D eigenvalue weighted by Crippen LogP contribution is -2.43. The Hall–Kier alpha value is -0.870. The van der Waals surface area contributed by atoms with Crippen LogP contribution in [0.4, 0.5) is 0 Å². The van der Waals surface area contributed by atoms with Crippen molar-refractivity contribution in [2.45, 2.75) is 32.9 Å². The minimum atomic E-state index is -0.294. The van der Waals surface area contributed by atoms with Gasteiger partial charge in [0.05, 0.1) is 7.11 Å². The Bertz CT molecular complexity index is 407. The molecular formula is C14H20BrNO2. The van der Waals surface area contributed by atoms with Crippen LogP contribution in [0.2, 0.25) is 0 Å². The first-order chi connectivity index (χ1) is 8.47. The van der Waals surface area contributed by atoms with Crippen molar-refractivity contribution in [1.82, 2.24) is 5.32 Å². The van der Waals surface area contributed by atoms with E-state index in [1.807, 2.05) is 45.0 Å². The Morgan fingerprint density at radius 3 is 2.39 bits per heavy atom. The number of hydrogen-bond acceptors (Lipinski definition) is 3. The number of hydrogen-bond donors (Lipinski definition) is 1. The molecule has 1 rings (SSSR count). The van der Waals surface area contributed by atoms with Gasteiger partial charge < -0.3 is 4.74 Å². The Balaban J connectivity index is 2.82. The fourth-order valence-corrected chi connectivity index (χ4v) is 2.47. The molecule has 0 saturated carbocycles. The summed E-state index contributed by atoms with van der Waals surface area (Å²) < 4.78 is 5.87. The fraction of sp³-hybridized carbons (Fsp3) is 0.500. The minimum absolute atomic E-state index is 0.0760. The van der Waals surface area contributed by atoms with Gasteiger partial charge in [0, 0.05) is 10.5 Å². The summed E-state index contributed by atoms with van der Waals surface area (Å²) in [6, 6.07) is 7.78. The Morgan fingerprint density at radius 2 is 1.89 bits per heavy atom. The first-order valence-electron chi connectivity index (χ1n) is 6.05. The van der Waals surface area contributed by atoms with Crippen LogP contribution in [-0.4, -0.2) is 19.1 Å². The van der Waals surface area contributed by atoms with Crippen molar-refractivity contribution in [3.05, 3.63) is 34.3 Å². The standard InChI is InChI=1S/C14H20BrNO2/c1-9(2)13(14(17)18-4)16-10(3)11-7-5-6-8-12(11)15/h5-10,13,16H,1-4H3/t10?,13-/m1/s1. The van der Waals surface area contributed by atoms with E-state index in [2.05, 4.69) is 21.2 Å². The molecule has 0 bridgehead atoms. The highest BCUT2D eigenvalue weighted by molar-refractivity contribution is 9.10. The molecule has 0 spiro atoms. The van der Waals surface area contributed by atoms with Gasteiger partial charge in [-0.05, 0) is 24.5 Å². The van der Waals surface area contributed by atoms with Crippen molar-refractivity contribution in [2.75, 3.05) is 7.11 Å². The van der Waals surface area contributed by atoms with Crippen LogP contribution >= 0.6 is 15.9 Å². The molecule has 18 heavy (non-hydrogen) atoms. The third-order valence-corrected chi connectivity index (χ3v) is 3.65. The van der Waals surface area contributed by atoms with Crippen LogP contribution in [0.3, 0.4) is 0 Å². The zero-order valence-corrected chi connectivity index (χ0v) is 12.8. The highest BCUT2D eigenvalue weighted by Gasteiger charge is 2.25. The molecule has 0 amide bonds. The average molecular weight is 314 g/mol. The molecule has 0 aliphatic carbocycles. The molecule has 1 unspecified atom stereocenters. The largest absolute Gasteiger partial charge is 0.468 e. The Labute approximate surface area is 117 Å². The van der Waals surface area contributed by atoms with Gasteiger partial charge in [0.1, 0.15) is 6.04 Å². The van der Waals surface area contributed by atoms with E-state index >= 15 is 0 Å². The zero-order chi connectivity index (χ0) is 13.7. The van der Waals surface area contributed by atoms with E-state index in [4.69, 9.17) is 4.74 Å². The normalized spacial score (nSPS) is 14.3. The number of esters is 1. The van der Waals surface area contributed by atoms with E-state index < -0.39 is 0 Å². The maximum Gasteiger partial charge on any atom is 0.323 e. The van der Waals surface area contributed by atoms with E-state index in [-0.39, 0.29) is 24.0 Å². The lowest BCUT2D eigenvalue weighted by Gasteiger charge is -2.25. The topological polar surface area (TPSA) is 38.3 Å². The smallest absolute Gasteiger partial charge is 0.323 e. The number of halogens is 1. The second kappa shape index (κ2) is 6.90. The van der Waals surface area contributed by atoms with E-state index in [1.165, 1.54) is 7.11 Å². The summed E-state index contributed by atoms with van der Waals surface area (Å²) in [5, 5.41) is 3.32. The van der Waals surface area contributed by atoms with Gasteiger partial charge in [-0.15, -0.1) is 0 Å². The molecule has 4 heteroatoms. The fourth-order valence-electron chi connectivity index (χ4n) is 1.85. The van der Waals surface area contributed by atoms with Crippen molar-refractivity contribution in [3.8, 4) is 0 Å². The number of carbonyl (C=O) groups is 1. The van der Waals surface area contributed by atoms with Crippen molar-refractivity contribution in [1.29, 1.82) is 0 Å². The summed E-state index contributed by atoms with van der Waals surface area (Å²) in [6.07, 6.45) is 0. The number of carbonyl (C=O) groups excluding carboxylic acids is 1. The number of nitrogens with one attached hydrogen (secondary N) is 1. The molecule has 1 aromatic rings. The van der Waals surface area contributed by atoms with Crippen LogP contribution in [0.15, 0.2) is 28.7 Å². The van der Waals surface area contributed by atoms with Crippen molar-refractivity contribution in [3.63, 3.8) is 0 Å². The SMILES string of the molecule is COC(=O)[C@H](NC(C)c1ccccc1Br)C(C)C. The van der Waals surface area contributed by atoms with Crippen molar-refractivity contribution >= 4 is 21.9 Å². The van der Waals surface area contributed by atoms with E-state index in [0.717, 1.165) is 10.0 Å². The summed E-state index contributed by atoms with van der Waals surface area (Å²) in [5.41, 5.74) is 1.13. The molecule has 1 aromatic carbocycles. The van der Waals surface area contributed by atoms with E-state index in [1.54, 1.807) is 0 Å². The monoisotopic (exact) mass is 313 g/mol. The molecule has 3 nitrogen and oxygen atoms in total. The highest BCUT2D eigenvalue weighted by Crippen LogP contribution is 2.23. The zero-order valence-electron chi connectivity index (χ0n) is 11.2. The lowest BCUT2D eigenvalue weighted by atomic mass is 10.0. The molecule has 0 heterocycles. The predicted octanol–water partition coefficient (Wildman–Crippen LogP) is 3.30. The van der Waals surface area contributed by atoms with Gasteiger partial charge in [-0.25, -0.2) is 0 Å².